The summed E-state index contributed by atoms with van der Waals surface area (Å²) in [5.41, 5.74) is 6.17. The molecule has 0 heterocycles. The molecule has 0 amide bonds. The average Bonchev–Trinajstić information content (AvgIpc) is 2.35. The van der Waals surface area contributed by atoms with Gasteiger partial charge in [0.2, 0.25) is 0 Å². The minimum Gasteiger partial charge on any atom is -0.294 e. The highest BCUT2D eigenvalue weighted by atomic mass is 16.1. The van der Waals surface area contributed by atoms with Crippen LogP contribution >= 0.6 is 0 Å². The normalized spacial score (nSPS) is 11.5. The van der Waals surface area contributed by atoms with Crippen molar-refractivity contribution in [2.45, 2.75) is 41.5 Å². The van der Waals surface area contributed by atoms with Gasteiger partial charge in [-0.05, 0) is 43.5 Å². The van der Waals surface area contributed by atoms with Crippen molar-refractivity contribution < 1.29 is 4.79 Å². The summed E-state index contributed by atoms with van der Waals surface area (Å²) in [5.74, 6) is 0.200. The predicted octanol–water partition coefficient (Wildman–Crippen LogP) is 5.51. The van der Waals surface area contributed by atoms with Crippen LogP contribution in [0.5, 0.6) is 0 Å². The van der Waals surface area contributed by atoms with Gasteiger partial charge >= 0.3 is 0 Å². The summed E-state index contributed by atoms with van der Waals surface area (Å²) < 4.78 is 0. The maximum atomic E-state index is 12.8. The highest BCUT2D eigenvalue weighted by Crippen LogP contribution is 2.33. The van der Waals surface area contributed by atoms with Crippen molar-refractivity contribution in [1.82, 2.24) is 0 Å². The van der Waals surface area contributed by atoms with Crippen LogP contribution in [0.15, 0.2) is 36.4 Å². The molecule has 1 nitrogen and oxygen atoms in total. The molecule has 0 atom stereocenters. The molecule has 0 fully saturated rings. The zero-order chi connectivity index (χ0) is 15.8. The summed E-state index contributed by atoms with van der Waals surface area (Å²) in [6, 6.07) is 12.5. The molecule has 110 valence electrons. The fraction of sp³-hybridized carbons (Fsp3) is 0.350. The van der Waals surface area contributed by atoms with Gasteiger partial charge in [0, 0.05) is 11.0 Å². The molecule has 1 heteroatoms. The molecule has 0 aliphatic carbocycles. The van der Waals surface area contributed by atoms with Gasteiger partial charge in [0.05, 0.1) is 0 Å². The maximum Gasteiger partial charge on any atom is 0.168 e. The van der Waals surface area contributed by atoms with E-state index in [0.717, 1.165) is 27.8 Å². The number of benzene rings is 2. The van der Waals surface area contributed by atoms with Gasteiger partial charge in [-0.3, -0.25) is 4.79 Å². The maximum absolute atomic E-state index is 12.8. The van der Waals surface area contributed by atoms with E-state index >= 15 is 0 Å². The second-order valence-electron chi connectivity index (χ2n) is 6.95. The number of aryl methyl sites for hydroxylation is 3. The van der Waals surface area contributed by atoms with Gasteiger partial charge in [-0.1, -0.05) is 62.2 Å². The third-order valence-electron chi connectivity index (χ3n) is 3.71. The van der Waals surface area contributed by atoms with Gasteiger partial charge in [0.15, 0.2) is 5.78 Å². The monoisotopic (exact) mass is 280 g/mol. The van der Waals surface area contributed by atoms with Gasteiger partial charge < -0.3 is 0 Å². The van der Waals surface area contributed by atoms with Crippen molar-refractivity contribution in [2.24, 2.45) is 5.41 Å². The van der Waals surface area contributed by atoms with Crippen molar-refractivity contribution in [2.75, 3.05) is 0 Å². The average molecular weight is 280 g/mol. The molecule has 0 radical (unpaired) electrons. The summed E-state index contributed by atoms with van der Waals surface area (Å²) in [5, 5.41) is 0. The van der Waals surface area contributed by atoms with E-state index in [1.54, 1.807) is 0 Å². The van der Waals surface area contributed by atoms with Crippen LogP contribution in [0.2, 0.25) is 0 Å². The predicted molar refractivity (Wildman–Crippen MR) is 89.9 cm³/mol. The molecule has 0 unspecified atom stereocenters. The molecule has 0 bridgehead atoms. The molecule has 0 N–H and O–H groups in total. The van der Waals surface area contributed by atoms with Crippen molar-refractivity contribution in [3.8, 4) is 11.1 Å². The fourth-order valence-corrected chi connectivity index (χ4v) is 2.73. The molecule has 0 aromatic heterocycles. The van der Waals surface area contributed by atoms with E-state index < -0.39 is 0 Å². The third kappa shape index (κ3) is 3.24. The van der Waals surface area contributed by atoms with Crippen LogP contribution in [-0.4, -0.2) is 5.78 Å². The first-order chi connectivity index (χ1) is 9.70. The number of carbonyl (C=O) groups is 1. The summed E-state index contributed by atoms with van der Waals surface area (Å²) in [4.78, 5) is 12.8. The van der Waals surface area contributed by atoms with E-state index in [-0.39, 0.29) is 11.2 Å². The van der Waals surface area contributed by atoms with Crippen LogP contribution < -0.4 is 0 Å². The lowest BCUT2D eigenvalue weighted by molar-refractivity contribution is 0.0859. The molecule has 0 saturated carbocycles. The van der Waals surface area contributed by atoms with Crippen LogP contribution in [0.25, 0.3) is 11.1 Å². The molecule has 2 rings (SSSR count). The Morgan fingerprint density at radius 1 is 0.905 bits per heavy atom. The summed E-state index contributed by atoms with van der Waals surface area (Å²) >= 11 is 0. The standard InChI is InChI=1S/C20H24O/c1-13-8-7-9-16(11-13)18-15(3)10-14(2)12-17(18)19(21)20(4,5)6/h7-12H,1-6H3. The Kier molecular flexibility index (Phi) is 4.04. The van der Waals surface area contributed by atoms with Gasteiger partial charge in [-0.15, -0.1) is 0 Å². The molecular weight excluding hydrogens is 256 g/mol. The quantitative estimate of drug-likeness (QED) is 0.663. The Labute approximate surface area is 128 Å². The molecule has 0 saturated heterocycles. The summed E-state index contributed by atoms with van der Waals surface area (Å²) in [6.07, 6.45) is 0. The molecular formula is C20H24O. The van der Waals surface area contributed by atoms with Crippen LogP contribution in [-0.2, 0) is 0 Å². The molecule has 0 aliphatic heterocycles. The number of Topliss-reactive ketones (excluding diaryl/α,β-unsaturated/α-hetero) is 1. The largest absolute Gasteiger partial charge is 0.294 e. The Hall–Kier alpha value is -1.89. The lowest BCUT2D eigenvalue weighted by Gasteiger charge is -2.21. The van der Waals surface area contributed by atoms with E-state index in [9.17, 15) is 4.79 Å². The Morgan fingerprint density at radius 2 is 1.57 bits per heavy atom. The van der Waals surface area contributed by atoms with Gasteiger partial charge in [-0.2, -0.15) is 0 Å². The number of ketones is 1. The molecule has 0 spiro atoms. The van der Waals surface area contributed by atoms with Gasteiger partial charge in [-0.25, -0.2) is 0 Å². The van der Waals surface area contributed by atoms with E-state index in [0.29, 0.717) is 0 Å². The minimum atomic E-state index is -0.376. The van der Waals surface area contributed by atoms with Crippen molar-refractivity contribution in [3.05, 3.63) is 58.7 Å². The van der Waals surface area contributed by atoms with Gasteiger partial charge in [0.25, 0.3) is 0 Å². The van der Waals surface area contributed by atoms with Crippen LogP contribution in [0.4, 0.5) is 0 Å². The van der Waals surface area contributed by atoms with Crippen molar-refractivity contribution in [1.29, 1.82) is 0 Å². The zero-order valence-electron chi connectivity index (χ0n) is 13.9. The van der Waals surface area contributed by atoms with Crippen LogP contribution in [0, 0.1) is 26.2 Å². The number of hydrogen-bond donors (Lipinski definition) is 0. The van der Waals surface area contributed by atoms with E-state index in [1.807, 2.05) is 33.8 Å². The highest BCUT2D eigenvalue weighted by molar-refractivity contribution is 6.06. The zero-order valence-corrected chi connectivity index (χ0v) is 13.9. The molecule has 2 aromatic carbocycles. The Bertz CT molecular complexity index is 687. The van der Waals surface area contributed by atoms with Crippen molar-refractivity contribution in [3.63, 3.8) is 0 Å². The van der Waals surface area contributed by atoms with E-state index in [4.69, 9.17) is 0 Å². The van der Waals surface area contributed by atoms with Crippen LogP contribution in [0.1, 0.15) is 47.8 Å². The van der Waals surface area contributed by atoms with E-state index in [1.165, 1.54) is 5.56 Å². The molecule has 0 aliphatic rings. The van der Waals surface area contributed by atoms with Crippen LogP contribution in [0.3, 0.4) is 0 Å². The SMILES string of the molecule is Cc1cccc(-c2c(C)cc(C)cc2C(=O)C(C)(C)C)c1. The second-order valence-corrected chi connectivity index (χ2v) is 6.95. The number of carbonyl (C=O) groups excluding carboxylic acids is 1. The minimum absolute atomic E-state index is 0.200. The smallest absolute Gasteiger partial charge is 0.168 e. The first-order valence-corrected chi connectivity index (χ1v) is 7.43. The highest BCUT2D eigenvalue weighted by Gasteiger charge is 2.26. The first kappa shape index (κ1) is 15.5. The van der Waals surface area contributed by atoms with E-state index in [2.05, 4.69) is 44.2 Å². The van der Waals surface area contributed by atoms with Crippen molar-refractivity contribution >= 4 is 5.78 Å². The molecule has 2 aromatic rings. The lowest BCUT2D eigenvalue weighted by atomic mass is 9.81. The second kappa shape index (κ2) is 5.48. The summed E-state index contributed by atoms with van der Waals surface area (Å²) in [7, 11) is 0. The fourth-order valence-electron chi connectivity index (χ4n) is 2.73. The Balaban J connectivity index is 2.73. The molecule has 21 heavy (non-hydrogen) atoms. The number of rotatable bonds is 2. The number of hydrogen-bond acceptors (Lipinski definition) is 1. The first-order valence-electron chi connectivity index (χ1n) is 7.43. The summed E-state index contributed by atoms with van der Waals surface area (Å²) in [6.45, 7) is 12.2. The topological polar surface area (TPSA) is 17.1 Å². The lowest BCUT2D eigenvalue weighted by Crippen LogP contribution is -2.21. The van der Waals surface area contributed by atoms with Gasteiger partial charge in [0.1, 0.15) is 0 Å². The third-order valence-corrected chi connectivity index (χ3v) is 3.71. The Morgan fingerprint density at radius 3 is 2.14 bits per heavy atom.